The first kappa shape index (κ1) is 14.9. The Kier molecular flexibility index (Phi) is 4.14. The lowest BCUT2D eigenvalue weighted by atomic mass is 10.2. The molecule has 0 unspecified atom stereocenters. The van der Waals surface area contributed by atoms with E-state index in [1.54, 1.807) is 0 Å². The van der Waals surface area contributed by atoms with Crippen molar-refractivity contribution in [3.8, 4) is 11.8 Å². The fourth-order valence-corrected chi connectivity index (χ4v) is 2.72. The van der Waals surface area contributed by atoms with Crippen molar-refractivity contribution < 1.29 is 13.2 Å². The second kappa shape index (κ2) is 5.85. The molecule has 1 heterocycles. The highest BCUT2D eigenvalue weighted by atomic mass is 32.2. The fourth-order valence-electron chi connectivity index (χ4n) is 1.70. The summed E-state index contributed by atoms with van der Waals surface area (Å²) in [5.74, 6) is 0.857. The molecule has 0 aliphatic carbocycles. The number of hydrogen-bond acceptors (Lipinski definition) is 5. The van der Waals surface area contributed by atoms with Gasteiger partial charge in [-0.05, 0) is 12.1 Å². The van der Waals surface area contributed by atoms with Gasteiger partial charge in [-0.25, -0.2) is 4.98 Å². The van der Waals surface area contributed by atoms with Crippen LogP contribution in [-0.4, -0.2) is 25.5 Å². The summed E-state index contributed by atoms with van der Waals surface area (Å²) in [6, 6.07) is 6.40. The lowest BCUT2D eigenvalue weighted by Gasteiger charge is -2.10. The van der Waals surface area contributed by atoms with Crippen molar-refractivity contribution in [3.05, 3.63) is 35.8 Å². The average Bonchev–Trinajstić information content (AvgIpc) is 2.97. The van der Waals surface area contributed by atoms with Crippen molar-refractivity contribution in [1.82, 2.24) is 9.97 Å². The smallest absolute Gasteiger partial charge is 0.279 e. The predicted molar refractivity (Wildman–Crippen MR) is 76.5 cm³/mol. The van der Waals surface area contributed by atoms with E-state index in [0.29, 0.717) is 17.8 Å². The number of methoxy groups -OCH3 is 1. The Morgan fingerprint density at radius 2 is 2.24 bits per heavy atom. The van der Waals surface area contributed by atoms with E-state index in [0.717, 1.165) is 0 Å². The van der Waals surface area contributed by atoms with Gasteiger partial charge in [-0.3, -0.25) is 4.72 Å². The zero-order valence-electron chi connectivity index (χ0n) is 11.5. The molecule has 0 aliphatic rings. The molecule has 0 saturated heterocycles. The normalized spacial score (nSPS) is 10.9. The molecule has 1 aromatic carbocycles. The third-order valence-corrected chi connectivity index (χ3v) is 4.08. The number of aryl methyl sites for hydroxylation is 1. The third-order valence-electron chi connectivity index (χ3n) is 2.80. The number of anilines is 1. The number of rotatable bonds is 5. The van der Waals surface area contributed by atoms with Crippen LogP contribution in [0.25, 0.3) is 0 Å². The maximum Gasteiger partial charge on any atom is 0.279 e. The summed E-state index contributed by atoms with van der Waals surface area (Å²) in [5.41, 5.74) is 0.633. The summed E-state index contributed by atoms with van der Waals surface area (Å²) in [6.07, 6.45) is 1.87. The van der Waals surface area contributed by atoms with Crippen LogP contribution in [0.3, 0.4) is 0 Å². The Morgan fingerprint density at radius 1 is 1.48 bits per heavy atom. The van der Waals surface area contributed by atoms with Gasteiger partial charge in [-0.2, -0.15) is 13.7 Å². The summed E-state index contributed by atoms with van der Waals surface area (Å²) in [7, 11) is -2.38. The molecular formula is C13H14N4O3S. The number of aromatic nitrogens is 2. The SMILES string of the molecule is CCc1ncc(S(=O)(=O)Nc2ccc(C#N)cc2OC)[nH]1. The number of nitriles is 1. The number of H-pyrrole nitrogens is 1. The molecule has 110 valence electrons. The standard InChI is InChI=1S/C13H14N4O3S/c1-3-12-15-8-13(16-12)21(18,19)17-10-5-4-9(7-14)6-11(10)20-2/h4-6,8,17H,3H2,1-2H3,(H,15,16). The molecule has 0 fully saturated rings. The Morgan fingerprint density at radius 3 is 2.81 bits per heavy atom. The van der Waals surface area contributed by atoms with Crippen LogP contribution in [0.5, 0.6) is 5.75 Å². The van der Waals surface area contributed by atoms with Crippen molar-refractivity contribution >= 4 is 15.7 Å². The van der Waals surface area contributed by atoms with E-state index in [9.17, 15) is 8.42 Å². The van der Waals surface area contributed by atoms with Gasteiger partial charge in [0.15, 0.2) is 5.03 Å². The summed E-state index contributed by atoms with van der Waals surface area (Å²) < 4.78 is 32.0. The zero-order chi connectivity index (χ0) is 15.5. The predicted octanol–water partition coefficient (Wildman–Crippen LogP) is 1.65. The van der Waals surface area contributed by atoms with Gasteiger partial charge in [-0.1, -0.05) is 6.92 Å². The van der Waals surface area contributed by atoms with Crippen LogP contribution in [0.15, 0.2) is 29.4 Å². The van der Waals surface area contributed by atoms with Crippen molar-refractivity contribution in [2.24, 2.45) is 0 Å². The minimum Gasteiger partial charge on any atom is -0.495 e. The van der Waals surface area contributed by atoms with E-state index in [1.807, 2.05) is 13.0 Å². The molecule has 2 N–H and O–H groups in total. The number of nitrogens with one attached hydrogen (secondary N) is 2. The van der Waals surface area contributed by atoms with E-state index in [2.05, 4.69) is 14.7 Å². The number of aromatic amines is 1. The Balaban J connectivity index is 2.34. The Hall–Kier alpha value is -2.53. The number of hydrogen-bond donors (Lipinski definition) is 2. The molecule has 0 saturated carbocycles. The van der Waals surface area contributed by atoms with Crippen LogP contribution < -0.4 is 9.46 Å². The molecular weight excluding hydrogens is 292 g/mol. The van der Waals surface area contributed by atoms with Gasteiger partial charge < -0.3 is 9.72 Å². The highest BCUT2D eigenvalue weighted by Crippen LogP contribution is 2.27. The number of imidazole rings is 1. The summed E-state index contributed by atoms with van der Waals surface area (Å²) in [4.78, 5) is 6.69. The molecule has 8 heteroatoms. The lowest BCUT2D eigenvalue weighted by Crippen LogP contribution is -2.14. The maximum atomic E-state index is 12.3. The van der Waals surface area contributed by atoms with Gasteiger partial charge in [0.25, 0.3) is 10.0 Å². The Labute approximate surface area is 122 Å². The van der Waals surface area contributed by atoms with Gasteiger partial charge in [-0.15, -0.1) is 0 Å². The first-order valence-electron chi connectivity index (χ1n) is 6.15. The number of ether oxygens (including phenoxy) is 1. The summed E-state index contributed by atoms with van der Waals surface area (Å²) >= 11 is 0. The van der Waals surface area contributed by atoms with Crippen LogP contribution in [0.2, 0.25) is 0 Å². The third kappa shape index (κ3) is 3.14. The van der Waals surface area contributed by atoms with Gasteiger partial charge in [0.1, 0.15) is 11.6 Å². The zero-order valence-corrected chi connectivity index (χ0v) is 12.4. The minimum atomic E-state index is -3.79. The van der Waals surface area contributed by atoms with E-state index in [4.69, 9.17) is 10.00 Å². The lowest BCUT2D eigenvalue weighted by molar-refractivity contribution is 0.416. The largest absolute Gasteiger partial charge is 0.495 e. The van der Waals surface area contributed by atoms with Crippen LogP contribution in [-0.2, 0) is 16.4 Å². The van der Waals surface area contributed by atoms with Crippen LogP contribution in [0.1, 0.15) is 18.3 Å². The molecule has 0 aliphatic heterocycles. The van der Waals surface area contributed by atoms with Gasteiger partial charge in [0, 0.05) is 12.5 Å². The topological polar surface area (TPSA) is 108 Å². The quantitative estimate of drug-likeness (QED) is 0.873. The van der Waals surface area contributed by atoms with Crippen LogP contribution in [0, 0.1) is 11.3 Å². The molecule has 7 nitrogen and oxygen atoms in total. The molecule has 0 spiro atoms. The van der Waals surface area contributed by atoms with Gasteiger partial charge in [0.2, 0.25) is 0 Å². The average molecular weight is 306 g/mol. The summed E-state index contributed by atoms with van der Waals surface area (Å²) in [6.45, 7) is 1.87. The number of benzene rings is 1. The summed E-state index contributed by atoms with van der Waals surface area (Å²) in [5, 5.41) is 8.81. The second-order valence-electron chi connectivity index (χ2n) is 4.18. The van der Waals surface area contributed by atoms with Crippen LogP contribution in [0.4, 0.5) is 5.69 Å². The van der Waals surface area contributed by atoms with E-state index in [-0.39, 0.29) is 16.5 Å². The molecule has 1 aromatic heterocycles. The van der Waals surface area contributed by atoms with Gasteiger partial charge >= 0.3 is 0 Å². The maximum absolute atomic E-state index is 12.3. The van der Waals surface area contributed by atoms with Crippen LogP contribution >= 0.6 is 0 Å². The first-order chi connectivity index (χ1) is 10.00. The van der Waals surface area contributed by atoms with Crippen molar-refractivity contribution in [3.63, 3.8) is 0 Å². The highest BCUT2D eigenvalue weighted by Gasteiger charge is 2.19. The Bertz CT molecular complexity index is 790. The van der Waals surface area contributed by atoms with E-state index >= 15 is 0 Å². The van der Waals surface area contributed by atoms with Gasteiger partial charge in [0.05, 0.1) is 30.6 Å². The highest BCUT2D eigenvalue weighted by molar-refractivity contribution is 7.92. The molecule has 0 bridgehead atoms. The van der Waals surface area contributed by atoms with Crippen molar-refractivity contribution in [1.29, 1.82) is 5.26 Å². The molecule has 0 amide bonds. The first-order valence-corrected chi connectivity index (χ1v) is 7.63. The minimum absolute atomic E-state index is 0.0224. The molecule has 21 heavy (non-hydrogen) atoms. The van der Waals surface area contributed by atoms with Crippen molar-refractivity contribution in [2.75, 3.05) is 11.8 Å². The molecule has 2 aromatic rings. The molecule has 0 atom stereocenters. The van der Waals surface area contributed by atoms with Crippen molar-refractivity contribution in [2.45, 2.75) is 18.4 Å². The van der Waals surface area contributed by atoms with E-state index in [1.165, 1.54) is 31.5 Å². The fraction of sp³-hybridized carbons (Fsp3) is 0.231. The monoisotopic (exact) mass is 306 g/mol. The number of nitrogens with zero attached hydrogens (tertiary/aromatic N) is 2. The molecule has 0 radical (unpaired) electrons. The molecule has 2 rings (SSSR count). The second-order valence-corrected chi connectivity index (χ2v) is 5.83. The van der Waals surface area contributed by atoms with E-state index < -0.39 is 10.0 Å². The number of sulfonamides is 1.